The van der Waals surface area contributed by atoms with Crippen molar-refractivity contribution in [3.63, 3.8) is 0 Å². The van der Waals surface area contributed by atoms with E-state index in [4.69, 9.17) is 20.6 Å². The van der Waals surface area contributed by atoms with Crippen LogP contribution in [-0.4, -0.2) is 23.0 Å². The average molecular weight is 365 g/mol. The van der Waals surface area contributed by atoms with Gasteiger partial charge in [0, 0.05) is 10.4 Å². The van der Waals surface area contributed by atoms with Crippen LogP contribution in [0.3, 0.4) is 0 Å². The van der Waals surface area contributed by atoms with Gasteiger partial charge in [0.15, 0.2) is 5.44 Å². The fourth-order valence-electron chi connectivity index (χ4n) is 2.56. The van der Waals surface area contributed by atoms with E-state index in [0.717, 1.165) is 5.69 Å². The Morgan fingerprint density at radius 1 is 1.08 bits per heavy atom. The maximum atomic E-state index is 13.4. The first kappa shape index (κ1) is 17.2. The molecule has 0 atom stereocenters. The smallest absolute Gasteiger partial charge is 0.304 e. The molecule has 0 saturated heterocycles. The number of fused-ring (bicyclic) bond motifs is 1. The molecule has 0 amide bonds. The minimum Gasteiger partial charge on any atom is -0.304 e. The Balaban J connectivity index is 2.33. The van der Waals surface area contributed by atoms with Crippen molar-refractivity contribution in [1.82, 2.24) is 9.78 Å². The lowest BCUT2D eigenvalue weighted by Gasteiger charge is -2.18. The molecule has 3 aromatic rings. The van der Waals surface area contributed by atoms with Gasteiger partial charge < -0.3 is 9.05 Å². The van der Waals surface area contributed by atoms with Gasteiger partial charge in [-0.15, -0.1) is 0 Å². The van der Waals surface area contributed by atoms with Gasteiger partial charge in [0.25, 0.3) is 0 Å². The van der Waals surface area contributed by atoms with Gasteiger partial charge in [-0.2, -0.15) is 5.10 Å². The molecule has 2 aromatic carbocycles. The Bertz CT molecular complexity index is 885. The zero-order valence-corrected chi connectivity index (χ0v) is 15.1. The summed E-state index contributed by atoms with van der Waals surface area (Å²) in [4.78, 5) is 0. The van der Waals surface area contributed by atoms with Crippen LogP contribution in [0.25, 0.3) is 16.6 Å². The molecule has 3 rings (SSSR count). The van der Waals surface area contributed by atoms with Crippen molar-refractivity contribution in [2.75, 3.05) is 13.2 Å². The molecule has 0 unspecified atom stereocenters. The number of hydrogen-bond donors (Lipinski definition) is 0. The summed E-state index contributed by atoms with van der Waals surface area (Å²) in [6, 6.07) is 14.8. The number of nitrogens with zero attached hydrogens (tertiary/aromatic N) is 2. The van der Waals surface area contributed by atoms with Crippen molar-refractivity contribution in [1.29, 1.82) is 0 Å². The van der Waals surface area contributed by atoms with Gasteiger partial charge >= 0.3 is 7.60 Å². The molecule has 0 saturated carbocycles. The lowest BCUT2D eigenvalue weighted by Crippen LogP contribution is -2.20. The summed E-state index contributed by atoms with van der Waals surface area (Å²) in [7, 11) is -3.53. The number of para-hydroxylation sites is 1. The highest BCUT2D eigenvalue weighted by molar-refractivity contribution is 7.62. The summed E-state index contributed by atoms with van der Waals surface area (Å²) in [5, 5.41) is 5.84. The van der Waals surface area contributed by atoms with Crippen LogP contribution >= 0.6 is 19.2 Å². The van der Waals surface area contributed by atoms with Crippen LogP contribution in [0.15, 0.2) is 48.5 Å². The van der Waals surface area contributed by atoms with Crippen LogP contribution in [0.1, 0.15) is 13.8 Å². The summed E-state index contributed by atoms with van der Waals surface area (Å²) >= 11 is 6.08. The number of rotatable bonds is 6. The molecule has 0 spiro atoms. The standard InChI is InChI=1S/C17H18ClN2O3P/c1-3-22-24(21,23-4-2)17-15-11-10-13(18)12-16(15)19-20(17)14-8-6-5-7-9-14/h5-12H,3-4H2,1-2H3. The fourth-order valence-corrected chi connectivity index (χ4v) is 4.60. The van der Waals surface area contributed by atoms with Crippen molar-refractivity contribution < 1.29 is 13.6 Å². The van der Waals surface area contributed by atoms with E-state index in [1.54, 1.807) is 36.7 Å². The van der Waals surface area contributed by atoms with Crippen molar-refractivity contribution in [3.05, 3.63) is 53.6 Å². The number of hydrogen-bond acceptors (Lipinski definition) is 4. The van der Waals surface area contributed by atoms with Crippen LogP contribution < -0.4 is 5.44 Å². The molecule has 0 aliphatic carbocycles. The van der Waals surface area contributed by atoms with E-state index in [2.05, 4.69) is 5.10 Å². The third-order valence-electron chi connectivity index (χ3n) is 3.47. The lowest BCUT2D eigenvalue weighted by molar-refractivity contribution is 0.229. The maximum absolute atomic E-state index is 13.4. The van der Waals surface area contributed by atoms with Crippen molar-refractivity contribution in [2.45, 2.75) is 13.8 Å². The Morgan fingerprint density at radius 3 is 2.38 bits per heavy atom. The van der Waals surface area contributed by atoms with Crippen molar-refractivity contribution in [3.8, 4) is 5.69 Å². The molecular weight excluding hydrogens is 347 g/mol. The maximum Gasteiger partial charge on any atom is 0.380 e. The van der Waals surface area contributed by atoms with Gasteiger partial charge in [0.2, 0.25) is 0 Å². The fraction of sp³-hybridized carbons (Fsp3) is 0.235. The van der Waals surface area contributed by atoms with Gasteiger partial charge in [-0.3, -0.25) is 4.57 Å². The second-order valence-corrected chi connectivity index (χ2v) is 7.44. The molecule has 0 aliphatic heterocycles. The molecule has 7 heteroatoms. The zero-order chi connectivity index (χ0) is 17.2. The molecule has 0 aliphatic rings. The normalized spacial score (nSPS) is 12.0. The van der Waals surface area contributed by atoms with Crippen LogP contribution in [0.4, 0.5) is 0 Å². The first-order valence-corrected chi connectivity index (χ1v) is 9.64. The van der Waals surface area contributed by atoms with E-state index >= 15 is 0 Å². The molecular formula is C17H18ClN2O3P. The topological polar surface area (TPSA) is 53.4 Å². The first-order valence-electron chi connectivity index (χ1n) is 7.72. The molecule has 0 fully saturated rings. The largest absolute Gasteiger partial charge is 0.380 e. The van der Waals surface area contributed by atoms with Crippen LogP contribution in [-0.2, 0) is 13.6 Å². The first-order chi connectivity index (χ1) is 11.6. The minimum atomic E-state index is -3.53. The van der Waals surface area contributed by atoms with E-state index in [-0.39, 0.29) is 13.2 Å². The molecule has 126 valence electrons. The highest BCUT2D eigenvalue weighted by Gasteiger charge is 2.34. The Hall–Kier alpha value is -1.65. The molecule has 0 radical (unpaired) electrons. The predicted molar refractivity (Wildman–Crippen MR) is 96.6 cm³/mol. The number of halogens is 1. The van der Waals surface area contributed by atoms with E-state index in [1.807, 2.05) is 30.3 Å². The van der Waals surface area contributed by atoms with Gasteiger partial charge in [-0.1, -0.05) is 29.8 Å². The number of benzene rings is 2. The predicted octanol–water partition coefficient (Wildman–Crippen LogP) is 4.57. The minimum absolute atomic E-state index is 0.270. The molecule has 24 heavy (non-hydrogen) atoms. The molecule has 1 heterocycles. The second-order valence-electron chi connectivity index (χ2n) is 5.07. The van der Waals surface area contributed by atoms with Gasteiger partial charge in [0.1, 0.15) is 0 Å². The summed E-state index contributed by atoms with van der Waals surface area (Å²) in [6.45, 7) is 4.11. The summed E-state index contributed by atoms with van der Waals surface area (Å²) < 4.78 is 26.2. The summed E-state index contributed by atoms with van der Waals surface area (Å²) in [5.41, 5.74) is 1.84. The SMILES string of the molecule is CCOP(=O)(OCC)c1c2ccc(Cl)cc2nn1-c1ccccc1. The third kappa shape index (κ3) is 3.13. The van der Waals surface area contributed by atoms with Gasteiger partial charge in [0.05, 0.1) is 24.4 Å². The monoisotopic (exact) mass is 364 g/mol. The Kier molecular flexibility index (Phi) is 5.07. The van der Waals surface area contributed by atoms with Crippen LogP contribution in [0, 0.1) is 0 Å². The van der Waals surface area contributed by atoms with Crippen molar-refractivity contribution >= 4 is 35.5 Å². The Labute approximate surface area is 145 Å². The summed E-state index contributed by atoms with van der Waals surface area (Å²) in [6.07, 6.45) is 0. The van der Waals surface area contributed by atoms with E-state index in [0.29, 0.717) is 21.4 Å². The van der Waals surface area contributed by atoms with Crippen molar-refractivity contribution in [2.24, 2.45) is 0 Å². The Morgan fingerprint density at radius 2 is 1.75 bits per heavy atom. The lowest BCUT2D eigenvalue weighted by atomic mass is 10.2. The van der Waals surface area contributed by atoms with Gasteiger partial charge in [-0.05, 0) is 44.2 Å². The van der Waals surface area contributed by atoms with Gasteiger partial charge in [-0.25, -0.2) is 4.68 Å². The molecule has 0 N–H and O–H groups in total. The summed E-state index contributed by atoms with van der Waals surface area (Å²) in [5.74, 6) is 0. The van der Waals surface area contributed by atoms with Crippen LogP contribution in [0.2, 0.25) is 5.02 Å². The molecule has 1 aromatic heterocycles. The average Bonchev–Trinajstić information content (AvgIpc) is 2.95. The third-order valence-corrected chi connectivity index (χ3v) is 5.85. The van der Waals surface area contributed by atoms with E-state index in [9.17, 15) is 4.57 Å². The van der Waals surface area contributed by atoms with E-state index in [1.165, 1.54) is 0 Å². The second kappa shape index (κ2) is 7.08. The zero-order valence-electron chi connectivity index (χ0n) is 13.5. The highest BCUT2D eigenvalue weighted by Crippen LogP contribution is 2.49. The van der Waals surface area contributed by atoms with E-state index < -0.39 is 7.60 Å². The molecule has 5 nitrogen and oxygen atoms in total. The molecule has 0 bridgehead atoms. The number of aromatic nitrogens is 2. The highest BCUT2D eigenvalue weighted by atomic mass is 35.5. The quantitative estimate of drug-likeness (QED) is 0.601. The van der Waals surface area contributed by atoms with Crippen LogP contribution in [0.5, 0.6) is 0 Å².